The van der Waals surface area contributed by atoms with Crippen LogP contribution in [-0.2, 0) is 4.79 Å². The minimum absolute atomic E-state index is 0.0762. The smallest absolute Gasteiger partial charge is 0.254 e. The summed E-state index contributed by atoms with van der Waals surface area (Å²) in [6, 6.07) is 5.11. The van der Waals surface area contributed by atoms with E-state index in [4.69, 9.17) is 9.47 Å². The molecule has 0 aliphatic carbocycles. The number of ether oxygens (including phenoxy) is 2. The average molecular weight is 278 g/mol. The predicted molar refractivity (Wildman–Crippen MR) is 73.1 cm³/mol. The molecule has 108 valence electrons. The Kier molecular flexibility index (Phi) is 4.45. The van der Waals surface area contributed by atoms with Crippen LogP contribution in [0.5, 0.6) is 11.5 Å². The molecule has 0 N–H and O–H groups in total. The first-order chi connectivity index (χ1) is 9.67. The molecule has 0 bridgehead atoms. The maximum Gasteiger partial charge on any atom is 0.254 e. The lowest BCUT2D eigenvalue weighted by atomic mass is 10.1. The lowest BCUT2D eigenvalue weighted by molar-refractivity contribution is -0.119. The van der Waals surface area contributed by atoms with E-state index in [0.29, 0.717) is 43.2 Å². The summed E-state index contributed by atoms with van der Waals surface area (Å²) in [5.41, 5.74) is 0.528. The molecule has 1 heterocycles. The van der Waals surface area contributed by atoms with E-state index in [2.05, 4.69) is 0 Å². The zero-order chi connectivity index (χ0) is 14.5. The number of carbonyl (C=O) groups excluding carboxylic acids is 2. The number of piperazine rings is 1. The second-order valence-electron chi connectivity index (χ2n) is 4.53. The van der Waals surface area contributed by atoms with E-state index in [0.717, 1.165) is 6.41 Å². The van der Waals surface area contributed by atoms with Crippen molar-refractivity contribution >= 4 is 12.3 Å². The number of methoxy groups -OCH3 is 2. The number of rotatable bonds is 4. The third-order valence-electron chi connectivity index (χ3n) is 3.35. The highest BCUT2D eigenvalue weighted by Crippen LogP contribution is 2.23. The number of hydrogen-bond donors (Lipinski definition) is 0. The van der Waals surface area contributed by atoms with E-state index in [1.807, 2.05) is 0 Å². The van der Waals surface area contributed by atoms with Gasteiger partial charge in [0.2, 0.25) is 6.41 Å². The van der Waals surface area contributed by atoms with E-state index in [9.17, 15) is 9.59 Å². The summed E-state index contributed by atoms with van der Waals surface area (Å²) < 4.78 is 10.3. The summed E-state index contributed by atoms with van der Waals surface area (Å²) in [6.07, 6.45) is 0.816. The fourth-order valence-electron chi connectivity index (χ4n) is 2.14. The summed E-state index contributed by atoms with van der Waals surface area (Å²) >= 11 is 0. The molecular weight excluding hydrogens is 260 g/mol. The van der Waals surface area contributed by atoms with Gasteiger partial charge in [0.15, 0.2) is 0 Å². The molecule has 1 fully saturated rings. The van der Waals surface area contributed by atoms with Gasteiger partial charge in [-0.2, -0.15) is 0 Å². The molecule has 2 amide bonds. The zero-order valence-electron chi connectivity index (χ0n) is 11.7. The molecule has 1 aromatic rings. The Labute approximate surface area is 117 Å². The lowest BCUT2D eigenvalue weighted by Gasteiger charge is -2.32. The molecule has 0 radical (unpaired) electrons. The van der Waals surface area contributed by atoms with Gasteiger partial charge in [0.1, 0.15) is 11.5 Å². The van der Waals surface area contributed by atoms with E-state index >= 15 is 0 Å². The third kappa shape index (κ3) is 3.01. The molecule has 0 atom stereocenters. The van der Waals surface area contributed by atoms with Gasteiger partial charge in [0.25, 0.3) is 5.91 Å². The number of carbonyl (C=O) groups is 2. The summed E-state index contributed by atoms with van der Waals surface area (Å²) in [7, 11) is 3.10. The van der Waals surface area contributed by atoms with Crippen molar-refractivity contribution < 1.29 is 19.1 Å². The van der Waals surface area contributed by atoms with Gasteiger partial charge in [-0.3, -0.25) is 9.59 Å². The van der Waals surface area contributed by atoms with Gasteiger partial charge in [-0.1, -0.05) is 0 Å². The molecule has 6 heteroatoms. The van der Waals surface area contributed by atoms with Gasteiger partial charge in [-0.25, -0.2) is 0 Å². The van der Waals surface area contributed by atoms with Crippen molar-refractivity contribution in [3.8, 4) is 11.5 Å². The van der Waals surface area contributed by atoms with Crippen molar-refractivity contribution in [1.82, 2.24) is 9.80 Å². The third-order valence-corrected chi connectivity index (χ3v) is 3.35. The van der Waals surface area contributed by atoms with Crippen LogP contribution in [0.2, 0.25) is 0 Å². The van der Waals surface area contributed by atoms with Crippen molar-refractivity contribution in [1.29, 1.82) is 0 Å². The van der Waals surface area contributed by atoms with Gasteiger partial charge in [0.05, 0.1) is 14.2 Å². The van der Waals surface area contributed by atoms with E-state index in [1.54, 1.807) is 42.2 Å². The maximum atomic E-state index is 12.4. The van der Waals surface area contributed by atoms with Crippen LogP contribution in [0.1, 0.15) is 10.4 Å². The van der Waals surface area contributed by atoms with Crippen molar-refractivity contribution in [2.24, 2.45) is 0 Å². The molecule has 0 aromatic heterocycles. The first-order valence-electron chi connectivity index (χ1n) is 6.39. The van der Waals surface area contributed by atoms with Gasteiger partial charge in [0, 0.05) is 37.8 Å². The Morgan fingerprint density at radius 1 is 1.05 bits per heavy atom. The minimum atomic E-state index is -0.0762. The average Bonchev–Trinajstić information content (AvgIpc) is 2.53. The highest BCUT2D eigenvalue weighted by Gasteiger charge is 2.22. The molecule has 0 unspecified atom stereocenters. The maximum absolute atomic E-state index is 12.4. The topological polar surface area (TPSA) is 59.1 Å². The highest BCUT2D eigenvalue weighted by atomic mass is 16.5. The Bertz CT molecular complexity index is 474. The van der Waals surface area contributed by atoms with Crippen LogP contribution < -0.4 is 9.47 Å². The van der Waals surface area contributed by atoms with Crippen LogP contribution in [0, 0.1) is 0 Å². The first-order valence-corrected chi connectivity index (χ1v) is 6.39. The van der Waals surface area contributed by atoms with E-state index < -0.39 is 0 Å². The molecule has 6 nitrogen and oxygen atoms in total. The second-order valence-corrected chi connectivity index (χ2v) is 4.53. The summed E-state index contributed by atoms with van der Waals surface area (Å²) in [5, 5.41) is 0. The predicted octanol–water partition coefficient (Wildman–Crippen LogP) is 0.618. The molecule has 0 spiro atoms. The van der Waals surface area contributed by atoms with Gasteiger partial charge in [-0.15, -0.1) is 0 Å². The van der Waals surface area contributed by atoms with Gasteiger partial charge < -0.3 is 19.3 Å². The normalized spacial score (nSPS) is 14.9. The Hall–Kier alpha value is -2.24. The molecule has 2 rings (SSSR count). The van der Waals surface area contributed by atoms with Crippen molar-refractivity contribution in [3.05, 3.63) is 23.8 Å². The molecule has 0 saturated carbocycles. The Morgan fingerprint density at radius 3 is 2.05 bits per heavy atom. The SMILES string of the molecule is COc1cc(OC)cc(C(=O)N2CCN(C=O)CC2)c1. The lowest BCUT2D eigenvalue weighted by Crippen LogP contribution is -2.48. The standard InChI is InChI=1S/C14H18N2O4/c1-19-12-7-11(8-13(9-12)20-2)14(18)16-5-3-15(10-17)4-6-16/h7-10H,3-6H2,1-2H3. The molecule has 1 aliphatic heterocycles. The minimum Gasteiger partial charge on any atom is -0.497 e. The van der Waals surface area contributed by atoms with Gasteiger partial charge in [-0.05, 0) is 12.1 Å². The van der Waals surface area contributed by atoms with Crippen LogP contribution in [0.25, 0.3) is 0 Å². The van der Waals surface area contributed by atoms with Crippen molar-refractivity contribution in [2.45, 2.75) is 0 Å². The molecule has 1 aliphatic rings. The van der Waals surface area contributed by atoms with Crippen LogP contribution >= 0.6 is 0 Å². The Morgan fingerprint density at radius 2 is 1.60 bits per heavy atom. The number of benzene rings is 1. The number of hydrogen-bond acceptors (Lipinski definition) is 4. The van der Waals surface area contributed by atoms with E-state index in [-0.39, 0.29) is 5.91 Å². The molecule has 20 heavy (non-hydrogen) atoms. The van der Waals surface area contributed by atoms with Crippen LogP contribution in [0.15, 0.2) is 18.2 Å². The summed E-state index contributed by atoms with van der Waals surface area (Å²) in [4.78, 5) is 26.5. The summed E-state index contributed by atoms with van der Waals surface area (Å²) in [5.74, 6) is 1.09. The molecule has 1 aromatic carbocycles. The van der Waals surface area contributed by atoms with Crippen molar-refractivity contribution in [3.63, 3.8) is 0 Å². The second kappa shape index (κ2) is 6.27. The number of amides is 2. The Balaban J connectivity index is 2.14. The van der Waals surface area contributed by atoms with Crippen LogP contribution in [0.4, 0.5) is 0 Å². The number of nitrogens with zero attached hydrogens (tertiary/aromatic N) is 2. The monoisotopic (exact) mass is 278 g/mol. The first kappa shape index (κ1) is 14.2. The van der Waals surface area contributed by atoms with Crippen molar-refractivity contribution in [2.75, 3.05) is 40.4 Å². The van der Waals surface area contributed by atoms with Crippen LogP contribution in [-0.4, -0.2) is 62.5 Å². The summed E-state index contributed by atoms with van der Waals surface area (Å²) in [6.45, 7) is 2.21. The van der Waals surface area contributed by atoms with Crippen LogP contribution in [0.3, 0.4) is 0 Å². The highest BCUT2D eigenvalue weighted by molar-refractivity contribution is 5.95. The van der Waals surface area contributed by atoms with E-state index in [1.165, 1.54) is 0 Å². The largest absolute Gasteiger partial charge is 0.497 e. The quantitative estimate of drug-likeness (QED) is 0.758. The molecular formula is C14H18N2O4. The molecule has 1 saturated heterocycles. The fraction of sp³-hybridized carbons (Fsp3) is 0.429. The zero-order valence-corrected chi connectivity index (χ0v) is 11.7. The fourth-order valence-corrected chi connectivity index (χ4v) is 2.14. The van der Waals surface area contributed by atoms with Gasteiger partial charge >= 0.3 is 0 Å².